The Morgan fingerprint density at radius 1 is 1.00 bits per heavy atom. The fourth-order valence-corrected chi connectivity index (χ4v) is 4.15. The molecule has 2 heterocycles. The average molecular weight is 398 g/mol. The summed E-state index contributed by atoms with van der Waals surface area (Å²) < 4.78 is 0. The van der Waals surface area contributed by atoms with Crippen LogP contribution in [0, 0.1) is 6.92 Å². The Hall–Kier alpha value is -2.21. The Kier molecular flexibility index (Phi) is 5.49. The number of nitrogens with zero attached hydrogens (tertiary/aromatic N) is 3. The Bertz CT molecular complexity index is 876. The van der Waals surface area contributed by atoms with Crippen molar-refractivity contribution in [2.45, 2.75) is 25.9 Å². The second kappa shape index (κ2) is 8.03. The number of halogens is 1. The quantitative estimate of drug-likeness (QED) is 0.743. The smallest absolute Gasteiger partial charge is 0.251 e. The van der Waals surface area contributed by atoms with Crippen LogP contribution in [0.15, 0.2) is 48.5 Å². The van der Waals surface area contributed by atoms with E-state index in [1.807, 2.05) is 55.5 Å². The molecule has 2 fully saturated rings. The summed E-state index contributed by atoms with van der Waals surface area (Å²) in [5.41, 5.74) is 2.95. The second-order valence-electron chi connectivity index (χ2n) is 7.56. The number of imide groups is 1. The maximum Gasteiger partial charge on any atom is 0.251 e. The summed E-state index contributed by atoms with van der Waals surface area (Å²) in [6, 6.07) is 15.1. The summed E-state index contributed by atoms with van der Waals surface area (Å²) in [5.74, 6) is -0.203. The van der Waals surface area contributed by atoms with Crippen LogP contribution in [0.3, 0.4) is 0 Å². The van der Waals surface area contributed by atoms with Crippen LogP contribution < -0.4 is 4.90 Å². The lowest BCUT2D eigenvalue weighted by atomic mass is 10.1. The Morgan fingerprint density at radius 3 is 2.39 bits per heavy atom. The third kappa shape index (κ3) is 3.97. The van der Waals surface area contributed by atoms with Gasteiger partial charge in [-0.2, -0.15) is 0 Å². The summed E-state index contributed by atoms with van der Waals surface area (Å²) in [5, 5.41) is 0.746. The first-order valence-electron chi connectivity index (χ1n) is 9.65. The molecule has 2 aliphatic rings. The normalized spacial score (nSPS) is 21.5. The lowest BCUT2D eigenvalue weighted by Gasteiger charge is -2.37. The molecular weight excluding hydrogens is 374 g/mol. The van der Waals surface area contributed by atoms with E-state index >= 15 is 0 Å². The number of anilines is 1. The predicted octanol–water partition coefficient (Wildman–Crippen LogP) is 3.10. The van der Waals surface area contributed by atoms with Gasteiger partial charge < -0.3 is 0 Å². The third-order valence-electron chi connectivity index (χ3n) is 5.55. The van der Waals surface area contributed by atoms with Crippen molar-refractivity contribution >= 4 is 29.1 Å². The molecule has 0 unspecified atom stereocenters. The highest BCUT2D eigenvalue weighted by molar-refractivity contribution is 6.30. The molecule has 146 valence electrons. The zero-order valence-electron chi connectivity index (χ0n) is 16.0. The molecule has 28 heavy (non-hydrogen) atoms. The number of piperazine rings is 1. The number of carbonyl (C=O) groups is 2. The first kappa shape index (κ1) is 19.1. The van der Waals surface area contributed by atoms with E-state index in [1.54, 1.807) is 0 Å². The molecule has 2 aromatic rings. The molecule has 5 nitrogen and oxygen atoms in total. The van der Waals surface area contributed by atoms with Crippen LogP contribution in [0.2, 0.25) is 5.02 Å². The summed E-state index contributed by atoms with van der Waals surface area (Å²) in [6.07, 6.45) is 0.268. The molecule has 0 aliphatic carbocycles. The zero-order chi connectivity index (χ0) is 19.7. The summed E-state index contributed by atoms with van der Waals surface area (Å²) in [7, 11) is 0. The van der Waals surface area contributed by atoms with Crippen LogP contribution in [0.25, 0.3) is 0 Å². The number of hydrogen-bond acceptors (Lipinski definition) is 4. The molecule has 1 atom stereocenters. The van der Waals surface area contributed by atoms with Gasteiger partial charge in [-0.3, -0.25) is 19.4 Å². The van der Waals surface area contributed by atoms with Crippen molar-refractivity contribution in [3.05, 3.63) is 64.7 Å². The van der Waals surface area contributed by atoms with Crippen molar-refractivity contribution in [1.29, 1.82) is 0 Å². The minimum Gasteiger partial charge on any atom is -0.297 e. The topological polar surface area (TPSA) is 43.9 Å². The minimum absolute atomic E-state index is 0.0956. The molecule has 0 bridgehead atoms. The van der Waals surface area contributed by atoms with E-state index in [1.165, 1.54) is 10.5 Å². The molecular formula is C22H24ClN3O2. The highest BCUT2D eigenvalue weighted by Gasteiger charge is 2.43. The lowest BCUT2D eigenvalue weighted by Crippen LogP contribution is -2.52. The number of hydrogen-bond donors (Lipinski definition) is 0. The molecule has 2 amide bonds. The van der Waals surface area contributed by atoms with E-state index in [0.717, 1.165) is 43.3 Å². The van der Waals surface area contributed by atoms with E-state index in [-0.39, 0.29) is 24.3 Å². The molecule has 0 N–H and O–H groups in total. The summed E-state index contributed by atoms with van der Waals surface area (Å²) in [6.45, 7) is 6.18. The first-order valence-corrected chi connectivity index (χ1v) is 10.0. The predicted molar refractivity (Wildman–Crippen MR) is 110 cm³/mol. The van der Waals surface area contributed by atoms with Crippen LogP contribution in [-0.2, 0) is 16.1 Å². The SMILES string of the molecule is Cc1cccc(N2C(=O)C[C@H](N3CCN(Cc4ccc(Cl)cc4)CC3)C2=O)c1. The van der Waals surface area contributed by atoms with Gasteiger partial charge in [0, 0.05) is 37.7 Å². The largest absolute Gasteiger partial charge is 0.297 e. The van der Waals surface area contributed by atoms with Gasteiger partial charge >= 0.3 is 0 Å². The van der Waals surface area contributed by atoms with E-state index < -0.39 is 0 Å². The van der Waals surface area contributed by atoms with Crippen LogP contribution in [0.1, 0.15) is 17.5 Å². The molecule has 0 spiro atoms. The number of benzene rings is 2. The van der Waals surface area contributed by atoms with Crippen LogP contribution in [0.5, 0.6) is 0 Å². The van der Waals surface area contributed by atoms with Crippen molar-refractivity contribution in [3.63, 3.8) is 0 Å². The fourth-order valence-electron chi connectivity index (χ4n) is 4.02. The van der Waals surface area contributed by atoms with Gasteiger partial charge in [-0.25, -0.2) is 4.90 Å². The van der Waals surface area contributed by atoms with Gasteiger partial charge in [0.1, 0.15) is 0 Å². The standard InChI is InChI=1S/C22H24ClN3O2/c1-16-3-2-4-19(13-16)26-21(27)14-20(22(26)28)25-11-9-24(10-12-25)15-17-5-7-18(23)8-6-17/h2-8,13,20H,9-12,14-15H2,1H3/t20-/m0/s1. The summed E-state index contributed by atoms with van der Waals surface area (Å²) in [4.78, 5) is 31.4. The van der Waals surface area contributed by atoms with Crippen molar-refractivity contribution in [3.8, 4) is 0 Å². The Balaban J connectivity index is 1.37. The minimum atomic E-state index is -0.342. The first-order chi connectivity index (χ1) is 13.5. The molecule has 2 aromatic carbocycles. The molecule has 0 aromatic heterocycles. The second-order valence-corrected chi connectivity index (χ2v) is 8.00. The Labute approximate surface area is 170 Å². The fraction of sp³-hybridized carbons (Fsp3) is 0.364. The zero-order valence-corrected chi connectivity index (χ0v) is 16.7. The number of amides is 2. The van der Waals surface area contributed by atoms with E-state index in [2.05, 4.69) is 9.80 Å². The van der Waals surface area contributed by atoms with Crippen LogP contribution >= 0.6 is 11.6 Å². The van der Waals surface area contributed by atoms with Gasteiger partial charge in [-0.05, 0) is 42.3 Å². The van der Waals surface area contributed by atoms with E-state index in [9.17, 15) is 9.59 Å². The highest BCUT2D eigenvalue weighted by atomic mass is 35.5. The molecule has 2 saturated heterocycles. The number of carbonyl (C=O) groups excluding carboxylic acids is 2. The van der Waals surface area contributed by atoms with Crippen molar-refractivity contribution < 1.29 is 9.59 Å². The van der Waals surface area contributed by atoms with E-state index in [4.69, 9.17) is 11.6 Å². The molecule has 0 saturated carbocycles. The van der Waals surface area contributed by atoms with Crippen LogP contribution in [0.4, 0.5) is 5.69 Å². The van der Waals surface area contributed by atoms with Gasteiger partial charge in [0.15, 0.2) is 0 Å². The number of aryl methyl sites for hydroxylation is 1. The lowest BCUT2D eigenvalue weighted by molar-refractivity contribution is -0.123. The van der Waals surface area contributed by atoms with Crippen molar-refractivity contribution in [1.82, 2.24) is 9.80 Å². The van der Waals surface area contributed by atoms with Gasteiger partial charge in [-0.15, -0.1) is 0 Å². The van der Waals surface area contributed by atoms with Crippen molar-refractivity contribution in [2.24, 2.45) is 0 Å². The summed E-state index contributed by atoms with van der Waals surface area (Å²) >= 11 is 5.95. The van der Waals surface area contributed by atoms with Gasteiger partial charge in [0.05, 0.1) is 18.2 Å². The average Bonchev–Trinajstić information content (AvgIpc) is 2.98. The van der Waals surface area contributed by atoms with Gasteiger partial charge in [-0.1, -0.05) is 35.9 Å². The molecule has 2 aliphatic heterocycles. The Morgan fingerprint density at radius 2 is 1.71 bits per heavy atom. The van der Waals surface area contributed by atoms with E-state index in [0.29, 0.717) is 5.69 Å². The monoisotopic (exact) mass is 397 g/mol. The number of rotatable bonds is 4. The van der Waals surface area contributed by atoms with Gasteiger partial charge in [0.25, 0.3) is 5.91 Å². The maximum atomic E-state index is 13.0. The molecule has 6 heteroatoms. The van der Waals surface area contributed by atoms with Crippen LogP contribution in [-0.4, -0.2) is 53.8 Å². The van der Waals surface area contributed by atoms with Crippen molar-refractivity contribution in [2.75, 3.05) is 31.1 Å². The van der Waals surface area contributed by atoms with Gasteiger partial charge in [0.2, 0.25) is 5.91 Å². The third-order valence-corrected chi connectivity index (χ3v) is 5.80. The molecule has 0 radical (unpaired) electrons. The maximum absolute atomic E-state index is 13.0. The molecule has 4 rings (SSSR count). The highest BCUT2D eigenvalue weighted by Crippen LogP contribution is 2.27.